The molecule has 0 aliphatic carbocycles. The van der Waals surface area contributed by atoms with Crippen molar-refractivity contribution in [3.05, 3.63) is 52.9 Å². The Bertz CT molecular complexity index is 785. The topological polar surface area (TPSA) is 92.5 Å². The standard InChI is InChI=1S/C15H13N3O4/c19-13-6-10(15(21)22)9-17(13)12-7-14(20)18(16-8-12)11-4-2-1-3-5-11/h1-5,7-8,10H,6,9H2,(H,21,22). The fraction of sp³-hybridized carbons (Fsp3) is 0.200. The van der Waals surface area contributed by atoms with Gasteiger partial charge in [-0.15, -0.1) is 0 Å². The molecule has 1 aromatic carbocycles. The van der Waals surface area contributed by atoms with E-state index in [1.54, 1.807) is 24.3 Å². The van der Waals surface area contributed by atoms with E-state index in [0.29, 0.717) is 11.4 Å². The Morgan fingerprint density at radius 2 is 1.91 bits per heavy atom. The summed E-state index contributed by atoms with van der Waals surface area (Å²) in [6.45, 7) is 0.0602. The molecule has 0 saturated carbocycles. The average molecular weight is 299 g/mol. The lowest BCUT2D eigenvalue weighted by atomic mass is 10.1. The van der Waals surface area contributed by atoms with Gasteiger partial charge in [0.05, 0.1) is 23.5 Å². The van der Waals surface area contributed by atoms with Crippen LogP contribution in [0.15, 0.2) is 47.4 Å². The van der Waals surface area contributed by atoms with Crippen LogP contribution in [0, 0.1) is 5.92 Å². The third-order valence-electron chi connectivity index (χ3n) is 3.57. The van der Waals surface area contributed by atoms with E-state index in [4.69, 9.17) is 5.11 Å². The number of aromatic nitrogens is 2. The van der Waals surface area contributed by atoms with Gasteiger partial charge < -0.3 is 10.0 Å². The molecule has 1 aliphatic heterocycles. The highest BCUT2D eigenvalue weighted by atomic mass is 16.4. The van der Waals surface area contributed by atoms with Crippen molar-refractivity contribution in [3.63, 3.8) is 0 Å². The Morgan fingerprint density at radius 3 is 2.50 bits per heavy atom. The Morgan fingerprint density at radius 1 is 1.18 bits per heavy atom. The highest BCUT2D eigenvalue weighted by molar-refractivity contribution is 5.99. The molecule has 1 unspecified atom stereocenters. The van der Waals surface area contributed by atoms with Crippen LogP contribution in [0.1, 0.15) is 6.42 Å². The number of aliphatic carboxylic acids is 1. The highest BCUT2D eigenvalue weighted by Crippen LogP contribution is 2.23. The van der Waals surface area contributed by atoms with Gasteiger partial charge in [0.15, 0.2) is 0 Å². The van der Waals surface area contributed by atoms with Crippen molar-refractivity contribution in [1.29, 1.82) is 0 Å². The number of amides is 1. The minimum absolute atomic E-state index is 0.0584. The zero-order chi connectivity index (χ0) is 15.7. The molecule has 22 heavy (non-hydrogen) atoms. The summed E-state index contributed by atoms with van der Waals surface area (Å²) in [6.07, 6.45) is 1.34. The highest BCUT2D eigenvalue weighted by Gasteiger charge is 2.35. The van der Waals surface area contributed by atoms with Gasteiger partial charge in [0.2, 0.25) is 5.91 Å². The summed E-state index contributed by atoms with van der Waals surface area (Å²) in [4.78, 5) is 36.3. The molecule has 7 heteroatoms. The van der Waals surface area contributed by atoms with Crippen LogP contribution in [-0.2, 0) is 9.59 Å². The van der Waals surface area contributed by atoms with Gasteiger partial charge in [-0.1, -0.05) is 18.2 Å². The third-order valence-corrected chi connectivity index (χ3v) is 3.57. The second kappa shape index (κ2) is 5.44. The van der Waals surface area contributed by atoms with Crippen LogP contribution >= 0.6 is 0 Å². The van der Waals surface area contributed by atoms with E-state index in [2.05, 4.69) is 5.10 Å². The van der Waals surface area contributed by atoms with Crippen molar-refractivity contribution in [2.45, 2.75) is 6.42 Å². The van der Waals surface area contributed by atoms with E-state index in [0.717, 1.165) is 0 Å². The van der Waals surface area contributed by atoms with Gasteiger partial charge >= 0.3 is 5.97 Å². The van der Waals surface area contributed by atoms with E-state index in [9.17, 15) is 14.4 Å². The van der Waals surface area contributed by atoms with Crippen molar-refractivity contribution in [2.24, 2.45) is 5.92 Å². The molecular weight excluding hydrogens is 286 g/mol. The zero-order valence-electron chi connectivity index (χ0n) is 11.5. The molecular formula is C15H13N3O4. The lowest BCUT2D eigenvalue weighted by Crippen LogP contribution is -2.29. The Kier molecular flexibility index (Phi) is 3.46. The van der Waals surface area contributed by atoms with Crippen molar-refractivity contribution in [3.8, 4) is 5.69 Å². The molecule has 0 spiro atoms. The van der Waals surface area contributed by atoms with E-state index >= 15 is 0 Å². The quantitative estimate of drug-likeness (QED) is 0.899. The van der Waals surface area contributed by atoms with Gasteiger partial charge in [-0.2, -0.15) is 9.78 Å². The number of hydrogen-bond acceptors (Lipinski definition) is 4. The molecule has 1 fully saturated rings. The molecule has 0 radical (unpaired) electrons. The number of benzene rings is 1. The van der Waals surface area contributed by atoms with Crippen LogP contribution in [-0.4, -0.2) is 33.3 Å². The number of anilines is 1. The van der Waals surface area contributed by atoms with E-state index in [-0.39, 0.29) is 24.4 Å². The Labute approximate surface area is 125 Å². The molecule has 1 aliphatic rings. The number of carboxylic acids is 1. The van der Waals surface area contributed by atoms with Crippen LogP contribution < -0.4 is 10.5 Å². The second-order valence-electron chi connectivity index (χ2n) is 5.04. The molecule has 1 N–H and O–H groups in total. The average Bonchev–Trinajstić information content (AvgIpc) is 2.90. The molecule has 1 aromatic heterocycles. The summed E-state index contributed by atoms with van der Waals surface area (Å²) in [5, 5.41) is 13.0. The van der Waals surface area contributed by atoms with Gasteiger partial charge in [-0.3, -0.25) is 14.4 Å². The number of carboxylic acid groups (broad SMARTS) is 1. The van der Waals surface area contributed by atoms with E-state index in [1.807, 2.05) is 6.07 Å². The Hall–Kier alpha value is -2.96. The molecule has 112 valence electrons. The van der Waals surface area contributed by atoms with E-state index < -0.39 is 11.9 Å². The molecule has 1 atom stereocenters. The molecule has 1 saturated heterocycles. The summed E-state index contributed by atoms with van der Waals surface area (Å²) < 4.78 is 1.22. The number of rotatable bonds is 3. The normalized spacial score (nSPS) is 17.7. The van der Waals surface area contributed by atoms with Gasteiger partial charge in [-0.05, 0) is 12.1 Å². The summed E-state index contributed by atoms with van der Waals surface area (Å²) in [6, 6.07) is 10.2. The lowest BCUT2D eigenvalue weighted by Gasteiger charge is -2.15. The smallest absolute Gasteiger partial charge is 0.308 e. The van der Waals surface area contributed by atoms with Crippen molar-refractivity contribution >= 4 is 17.6 Å². The van der Waals surface area contributed by atoms with Gasteiger partial charge in [0.1, 0.15) is 0 Å². The summed E-state index contributed by atoms with van der Waals surface area (Å²) in [5.41, 5.74) is 0.566. The summed E-state index contributed by atoms with van der Waals surface area (Å²) in [5.74, 6) is -2.07. The summed E-state index contributed by atoms with van der Waals surface area (Å²) >= 11 is 0. The molecule has 2 heterocycles. The number of para-hydroxylation sites is 1. The van der Waals surface area contributed by atoms with Crippen LogP contribution in [0.3, 0.4) is 0 Å². The van der Waals surface area contributed by atoms with Gasteiger partial charge in [-0.25, -0.2) is 0 Å². The number of nitrogens with zero attached hydrogens (tertiary/aromatic N) is 3. The fourth-order valence-corrected chi connectivity index (χ4v) is 2.43. The fourth-order valence-electron chi connectivity index (χ4n) is 2.43. The molecule has 3 rings (SSSR count). The first kappa shape index (κ1) is 14.0. The first-order chi connectivity index (χ1) is 10.6. The van der Waals surface area contributed by atoms with Crippen LogP contribution in [0.25, 0.3) is 5.69 Å². The lowest BCUT2D eigenvalue weighted by molar-refractivity contribution is -0.141. The maximum atomic E-state index is 12.2. The molecule has 2 aromatic rings. The zero-order valence-corrected chi connectivity index (χ0v) is 11.5. The van der Waals surface area contributed by atoms with Gasteiger partial charge in [0, 0.05) is 19.0 Å². The largest absolute Gasteiger partial charge is 0.481 e. The minimum Gasteiger partial charge on any atom is -0.481 e. The SMILES string of the molecule is O=C(O)C1CC(=O)N(c2cnn(-c3ccccc3)c(=O)c2)C1. The first-order valence-electron chi connectivity index (χ1n) is 6.74. The predicted octanol–water partition coefficient (Wildman–Crippen LogP) is 0.670. The molecule has 1 amide bonds. The number of hydrogen-bond donors (Lipinski definition) is 1. The minimum atomic E-state index is -1.01. The molecule has 0 bridgehead atoms. The van der Waals surface area contributed by atoms with Crippen molar-refractivity contribution in [2.75, 3.05) is 11.4 Å². The summed E-state index contributed by atoms with van der Waals surface area (Å²) in [7, 11) is 0. The monoisotopic (exact) mass is 299 g/mol. The number of carbonyl (C=O) groups is 2. The second-order valence-corrected chi connectivity index (χ2v) is 5.04. The maximum absolute atomic E-state index is 12.2. The van der Waals surface area contributed by atoms with Crippen LogP contribution in [0.4, 0.5) is 5.69 Å². The van der Waals surface area contributed by atoms with Crippen molar-refractivity contribution in [1.82, 2.24) is 9.78 Å². The molecule has 7 nitrogen and oxygen atoms in total. The predicted molar refractivity (Wildman–Crippen MR) is 77.9 cm³/mol. The number of carbonyl (C=O) groups excluding carboxylic acids is 1. The van der Waals surface area contributed by atoms with E-state index in [1.165, 1.54) is 21.8 Å². The van der Waals surface area contributed by atoms with Crippen LogP contribution in [0.2, 0.25) is 0 Å². The van der Waals surface area contributed by atoms with Crippen molar-refractivity contribution < 1.29 is 14.7 Å². The maximum Gasteiger partial charge on any atom is 0.308 e. The Balaban J connectivity index is 1.92. The van der Waals surface area contributed by atoms with Crippen LogP contribution in [0.5, 0.6) is 0 Å². The van der Waals surface area contributed by atoms with Gasteiger partial charge in [0.25, 0.3) is 5.56 Å². The first-order valence-corrected chi connectivity index (χ1v) is 6.74. The third kappa shape index (κ3) is 2.48.